The third-order valence-corrected chi connectivity index (χ3v) is 11.6. The lowest BCUT2D eigenvalue weighted by Gasteiger charge is -2.33. The predicted molar refractivity (Wildman–Crippen MR) is 241 cm³/mol. The molecule has 1 aliphatic heterocycles. The number of nitrogens with zero attached hydrogens (tertiary/aromatic N) is 2. The Kier molecular flexibility index (Phi) is 18.8. The van der Waals surface area contributed by atoms with E-state index in [2.05, 4.69) is 28.2 Å². The van der Waals surface area contributed by atoms with Crippen LogP contribution in [0.1, 0.15) is 98.8 Å². The minimum Gasteiger partial charge on any atom is -0.507 e. The first kappa shape index (κ1) is 51.1. The highest BCUT2D eigenvalue weighted by atomic mass is 16.4. The molecule has 0 spiro atoms. The number of fused-ring (bicyclic) bond motifs is 5. The van der Waals surface area contributed by atoms with Crippen molar-refractivity contribution in [1.29, 1.82) is 0 Å². The highest BCUT2D eigenvalue weighted by Gasteiger charge is 2.37. The minimum atomic E-state index is -1.52. The number of carboxylic acids is 1. The number of carbonyl (C=O) groups is 7. The molecule has 18 heteroatoms. The molecule has 1 aliphatic rings. The maximum atomic E-state index is 14.5. The molecule has 4 rings (SSSR count). The van der Waals surface area contributed by atoms with Gasteiger partial charge in [0.15, 0.2) is 0 Å². The summed E-state index contributed by atoms with van der Waals surface area (Å²) in [6.45, 7) is 4.36. The normalized spacial score (nSPS) is 17.6. The van der Waals surface area contributed by atoms with Gasteiger partial charge in [-0.1, -0.05) is 50.5 Å². The molecule has 65 heavy (non-hydrogen) atoms. The molecule has 6 atom stereocenters. The largest absolute Gasteiger partial charge is 0.507 e. The number of nitrogens with one attached hydrogen (secondary N) is 4. The van der Waals surface area contributed by atoms with E-state index >= 15 is 0 Å². The van der Waals surface area contributed by atoms with E-state index in [0.717, 1.165) is 47.5 Å². The predicted octanol–water partition coefficient (Wildman–Crippen LogP) is 2.27. The lowest BCUT2D eigenvalue weighted by atomic mass is 9.93. The van der Waals surface area contributed by atoms with Crippen LogP contribution in [0.15, 0.2) is 60.7 Å². The van der Waals surface area contributed by atoms with Gasteiger partial charge in [0.2, 0.25) is 29.5 Å². The Bertz CT molecular complexity index is 2180. The van der Waals surface area contributed by atoms with Gasteiger partial charge in [0.05, 0.1) is 6.61 Å². The number of amides is 6. The van der Waals surface area contributed by atoms with Crippen LogP contribution >= 0.6 is 0 Å². The summed E-state index contributed by atoms with van der Waals surface area (Å²) in [6.07, 6.45) is 5.96. The van der Waals surface area contributed by atoms with Crippen LogP contribution in [0.4, 0.5) is 0 Å². The lowest BCUT2D eigenvalue weighted by Crippen LogP contribution is -2.57. The summed E-state index contributed by atoms with van der Waals surface area (Å²) in [4.78, 5) is 96.9. The first-order valence-electron chi connectivity index (χ1n) is 21.9. The van der Waals surface area contributed by atoms with Gasteiger partial charge in [0.25, 0.3) is 5.91 Å². The molecule has 0 aliphatic carbocycles. The van der Waals surface area contributed by atoms with Crippen molar-refractivity contribution in [3.63, 3.8) is 0 Å². The van der Waals surface area contributed by atoms with Gasteiger partial charge < -0.3 is 57.2 Å². The molecular formula is C47H63N7O11. The molecule has 0 saturated heterocycles. The number of phenolic OH excluding ortho intramolecular Hbond substituents is 2. The SMILES string of the molecule is CCCCCCc1ccc(C(=O)N(C)[C@H](CO)C(=O)N[C@H](C)C(=O)N[C@@H](CCCCN)C(=O)N(C)[C@@H]2C(=O)N[C@@H](C)C(=O)N[C@H](C(=O)O)Cc3ccc(O)c(c3)-c3cc2ccc3O)cc1. The van der Waals surface area contributed by atoms with E-state index in [9.17, 15) is 54.0 Å². The summed E-state index contributed by atoms with van der Waals surface area (Å²) >= 11 is 0. The summed E-state index contributed by atoms with van der Waals surface area (Å²) in [5, 5.41) is 52.2. The van der Waals surface area contributed by atoms with E-state index < -0.39 is 84.3 Å². The van der Waals surface area contributed by atoms with Crippen molar-refractivity contribution in [2.24, 2.45) is 5.73 Å². The van der Waals surface area contributed by atoms with Gasteiger partial charge in [-0.2, -0.15) is 0 Å². The summed E-state index contributed by atoms with van der Waals surface area (Å²) in [6, 6.07) is 7.12. The molecule has 0 unspecified atom stereocenters. The molecular weight excluding hydrogens is 839 g/mol. The van der Waals surface area contributed by atoms with Gasteiger partial charge in [0.1, 0.15) is 47.8 Å². The lowest BCUT2D eigenvalue weighted by molar-refractivity contribution is -0.144. The number of likely N-dealkylation sites (N-methyl/N-ethyl adjacent to an activating group) is 2. The maximum Gasteiger partial charge on any atom is 0.326 e. The summed E-state index contributed by atoms with van der Waals surface area (Å²) < 4.78 is 0. The van der Waals surface area contributed by atoms with Crippen molar-refractivity contribution < 1.29 is 54.0 Å². The van der Waals surface area contributed by atoms with E-state index in [4.69, 9.17) is 5.73 Å². The number of carbonyl (C=O) groups excluding carboxylic acids is 6. The molecule has 0 aromatic heterocycles. The second-order valence-electron chi connectivity index (χ2n) is 16.5. The van der Waals surface area contributed by atoms with Crippen LogP contribution in [-0.2, 0) is 41.6 Å². The topological polar surface area (TPSA) is 281 Å². The Balaban J connectivity index is 1.58. The Morgan fingerprint density at radius 3 is 2.12 bits per heavy atom. The number of hydrogen-bond acceptors (Lipinski definition) is 11. The first-order chi connectivity index (χ1) is 30.9. The average molecular weight is 902 g/mol. The monoisotopic (exact) mass is 901 g/mol. The fourth-order valence-electron chi connectivity index (χ4n) is 7.60. The molecule has 10 N–H and O–H groups in total. The van der Waals surface area contributed by atoms with Crippen LogP contribution in [0.5, 0.6) is 11.5 Å². The van der Waals surface area contributed by atoms with Gasteiger partial charge in [-0.3, -0.25) is 28.8 Å². The van der Waals surface area contributed by atoms with Crippen LogP contribution < -0.4 is 27.0 Å². The van der Waals surface area contributed by atoms with Gasteiger partial charge in [-0.05, 0) is 106 Å². The zero-order valence-electron chi connectivity index (χ0n) is 37.6. The summed E-state index contributed by atoms with van der Waals surface area (Å²) in [7, 11) is 2.67. The number of aryl methyl sites for hydroxylation is 1. The van der Waals surface area contributed by atoms with E-state index in [1.807, 2.05) is 12.1 Å². The van der Waals surface area contributed by atoms with Crippen molar-refractivity contribution in [2.75, 3.05) is 27.2 Å². The van der Waals surface area contributed by atoms with Gasteiger partial charge in [0, 0.05) is 37.2 Å². The Labute approximate surface area is 378 Å². The number of aromatic hydroxyl groups is 2. The van der Waals surface area contributed by atoms with Gasteiger partial charge in [-0.25, -0.2) is 4.79 Å². The van der Waals surface area contributed by atoms with E-state index in [1.54, 1.807) is 12.1 Å². The van der Waals surface area contributed by atoms with Crippen molar-refractivity contribution in [1.82, 2.24) is 31.1 Å². The third-order valence-electron chi connectivity index (χ3n) is 11.6. The molecule has 1 heterocycles. The van der Waals surface area contributed by atoms with Crippen LogP contribution in [-0.4, -0.2) is 129 Å². The molecule has 3 aromatic carbocycles. The summed E-state index contributed by atoms with van der Waals surface area (Å²) in [5.41, 5.74) is 7.81. The Hall–Kier alpha value is -6.53. The summed E-state index contributed by atoms with van der Waals surface area (Å²) in [5.74, 6) is -6.55. The number of aliphatic hydroxyl groups is 1. The number of hydrogen-bond donors (Lipinski definition) is 9. The molecule has 6 amide bonds. The van der Waals surface area contributed by atoms with Crippen LogP contribution in [0.2, 0.25) is 0 Å². The zero-order valence-corrected chi connectivity index (χ0v) is 37.6. The zero-order chi connectivity index (χ0) is 48.0. The van der Waals surface area contributed by atoms with Crippen LogP contribution in [0, 0.1) is 0 Å². The fourth-order valence-corrected chi connectivity index (χ4v) is 7.60. The molecule has 3 aromatic rings. The van der Waals surface area contributed by atoms with E-state index in [-0.39, 0.29) is 47.6 Å². The maximum absolute atomic E-state index is 14.5. The number of aliphatic hydroxyl groups excluding tert-OH is 1. The first-order valence-corrected chi connectivity index (χ1v) is 21.9. The van der Waals surface area contributed by atoms with Crippen molar-refractivity contribution in [2.45, 2.75) is 115 Å². The van der Waals surface area contributed by atoms with Crippen molar-refractivity contribution in [3.8, 4) is 22.6 Å². The smallest absolute Gasteiger partial charge is 0.326 e. The third kappa shape index (κ3) is 13.5. The van der Waals surface area contributed by atoms with E-state index in [1.165, 1.54) is 64.3 Å². The highest BCUT2D eigenvalue weighted by Crippen LogP contribution is 2.39. The molecule has 352 valence electrons. The van der Waals surface area contributed by atoms with Crippen LogP contribution in [0.3, 0.4) is 0 Å². The number of aliphatic carboxylic acids is 1. The van der Waals surface area contributed by atoms with Crippen LogP contribution in [0.25, 0.3) is 11.1 Å². The molecule has 0 radical (unpaired) electrons. The molecule has 18 nitrogen and oxygen atoms in total. The van der Waals surface area contributed by atoms with Crippen molar-refractivity contribution >= 4 is 41.4 Å². The van der Waals surface area contributed by atoms with Crippen molar-refractivity contribution in [3.05, 3.63) is 82.9 Å². The number of benzene rings is 3. The number of carboxylic acid groups (broad SMARTS) is 1. The van der Waals surface area contributed by atoms with E-state index in [0.29, 0.717) is 24.0 Å². The number of nitrogens with two attached hydrogens (primary N) is 1. The fraction of sp³-hybridized carbons (Fsp3) is 0.468. The number of rotatable bonds is 19. The number of unbranched alkanes of at least 4 members (excludes halogenated alkanes) is 4. The number of phenols is 2. The minimum absolute atomic E-state index is 0.0477. The standard InChI is InChI=1S/C47H63N7O11/c1-6-7-8-9-12-29-14-17-31(18-15-29)45(62)53(4)37(26-55)43(60)49-27(2)41(58)51-35(13-10-11-22-48)46(63)54(5)40-32-19-21-39(57)34(25-32)33-23-30(16-20-38(33)56)24-36(47(64)65)52-42(59)28(3)50-44(40)61/h14-21,23,25,27-28,35-37,40,55-57H,6-13,22,24,26,48H2,1-5H3,(H,49,60)(H,50,61)(H,51,58)(H,52,59)(H,64,65)/t27-,28+,35+,36+,37-,40+/m1/s1. The quantitative estimate of drug-likeness (QED) is 0.0784. The second-order valence-corrected chi connectivity index (χ2v) is 16.5. The Morgan fingerprint density at radius 1 is 0.831 bits per heavy atom. The molecule has 4 bridgehead atoms. The highest BCUT2D eigenvalue weighted by molar-refractivity contribution is 5.99. The average Bonchev–Trinajstić information content (AvgIpc) is 3.27. The van der Waals surface area contributed by atoms with Gasteiger partial charge >= 0.3 is 5.97 Å². The van der Waals surface area contributed by atoms with Gasteiger partial charge in [-0.15, -0.1) is 0 Å². The second kappa shape index (κ2) is 24.0. The molecule has 0 saturated carbocycles. The molecule has 0 fully saturated rings. The Morgan fingerprint density at radius 2 is 1.49 bits per heavy atom.